The fraction of sp³-hybridized carbons (Fsp3) is 0.231. The molecule has 0 amide bonds. The van der Waals surface area contributed by atoms with Crippen LogP contribution < -0.4 is 10.1 Å². The van der Waals surface area contributed by atoms with Crippen LogP contribution in [0.3, 0.4) is 0 Å². The Bertz CT molecular complexity index is 598. The van der Waals surface area contributed by atoms with Crippen molar-refractivity contribution in [1.82, 2.24) is 4.98 Å². The summed E-state index contributed by atoms with van der Waals surface area (Å²) in [6.07, 6.45) is 1.72. The Morgan fingerprint density at radius 1 is 1.53 bits per heavy atom. The van der Waals surface area contributed by atoms with E-state index in [4.69, 9.17) is 16.3 Å². The molecule has 1 N–H and O–H groups in total. The van der Waals surface area contributed by atoms with Gasteiger partial charge in [0.25, 0.3) is 0 Å². The number of carbonyl (C=O) groups excluding carboxylic acids is 1. The number of Topliss-reactive ketones (excluding diaryl/α,β-unsaturated/α-hetero) is 1. The molecule has 0 radical (unpaired) electrons. The van der Waals surface area contributed by atoms with E-state index in [0.717, 1.165) is 10.6 Å². The summed E-state index contributed by atoms with van der Waals surface area (Å²) in [4.78, 5) is 16.4. The first-order valence-corrected chi connectivity index (χ1v) is 6.82. The van der Waals surface area contributed by atoms with Gasteiger partial charge in [-0.1, -0.05) is 11.6 Å². The van der Waals surface area contributed by atoms with Gasteiger partial charge in [-0.05, 0) is 25.1 Å². The SMILES string of the molecule is COc1ccc(C(C)=O)cc1NCc1cnc(Cl)s1. The summed E-state index contributed by atoms with van der Waals surface area (Å²) in [5.41, 5.74) is 1.42. The van der Waals surface area contributed by atoms with Crippen molar-refractivity contribution in [2.75, 3.05) is 12.4 Å². The summed E-state index contributed by atoms with van der Waals surface area (Å²) in [5.74, 6) is 0.715. The van der Waals surface area contributed by atoms with Crippen molar-refractivity contribution in [3.05, 3.63) is 39.3 Å². The Morgan fingerprint density at radius 3 is 2.89 bits per heavy atom. The third-order valence-electron chi connectivity index (χ3n) is 2.58. The van der Waals surface area contributed by atoms with E-state index < -0.39 is 0 Å². The zero-order valence-electron chi connectivity index (χ0n) is 10.6. The minimum atomic E-state index is 0.0199. The summed E-state index contributed by atoms with van der Waals surface area (Å²) in [6, 6.07) is 5.30. The molecule has 0 spiro atoms. The molecule has 0 unspecified atom stereocenters. The maximum atomic E-state index is 11.4. The van der Waals surface area contributed by atoms with Crippen molar-refractivity contribution in [3.8, 4) is 5.75 Å². The summed E-state index contributed by atoms with van der Waals surface area (Å²) in [5, 5.41) is 3.22. The number of rotatable bonds is 5. The number of aromatic nitrogens is 1. The Morgan fingerprint density at radius 2 is 2.32 bits per heavy atom. The summed E-state index contributed by atoms with van der Waals surface area (Å²) in [6.45, 7) is 2.12. The molecule has 0 bridgehead atoms. The highest BCUT2D eigenvalue weighted by Gasteiger charge is 2.08. The van der Waals surface area contributed by atoms with Gasteiger partial charge in [-0.3, -0.25) is 4.79 Å². The fourth-order valence-electron chi connectivity index (χ4n) is 1.61. The highest BCUT2D eigenvalue weighted by Crippen LogP contribution is 2.27. The molecule has 2 rings (SSSR count). The number of thiazole rings is 1. The summed E-state index contributed by atoms with van der Waals surface area (Å²) < 4.78 is 5.78. The number of anilines is 1. The van der Waals surface area contributed by atoms with Crippen molar-refractivity contribution >= 4 is 34.4 Å². The monoisotopic (exact) mass is 296 g/mol. The number of methoxy groups -OCH3 is 1. The minimum Gasteiger partial charge on any atom is -0.495 e. The van der Waals surface area contributed by atoms with Gasteiger partial charge in [-0.25, -0.2) is 4.98 Å². The molecule has 0 saturated carbocycles. The third kappa shape index (κ3) is 3.45. The summed E-state index contributed by atoms with van der Waals surface area (Å²) >= 11 is 7.19. The third-order valence-corrected chi connectivity index (χ3v) is 3.70. The molecule has 0 aliphatic rings. The number of nitrogens with one attached hydrogen (secondary N) is 1. The number of hydrogen-bond acceptors (Lipinski definition) is 5. The van der Waals surface area contributed by atoms with Crippen LogP contribution in [-0.4, -0.2) is 17.9 Å². The number of carbonyl (C=O) groups is 1. The maximum absolute atomic E-state index is 11.4. The van der Waals surface area contributed by atoms with Crippen molar-refractivity contribution < 1.29 is 9.53 Å². The van der Waals surface area contributed by atoms with Gasteiger partial charge in [-0.15, -0.1) is 11.3 Å². The first-order valence-electron chi connectivity index (χ1n) is 5.63. The molecule has 1 aromatic heterocycles. The van der Waals surface area contributed by atoms with Crippen LogP contribution in [0.15, 0.2) is 24.4 Å². The van der Waals surface area contributed by atoms with E-state index in [1.807, 2.05) is 0 Å². The molecule has 1 heterocycles. The molecule has 100 valence electrons. The highest BCUT2D eigenvalue weighted by molar-refractivity contribution is 7.15. The Labute approximate surface area is 120 Å². The van der Waals surface area contributed by atoms with Crippen molar-refractivity contribution in [2.24, 2.45) is 0 Å². The topological polar surface area (TPSA) is 51.2 Å². The van der Waals surface area contributed by atoms with Crippen molar-refractivity contribution in [2.45, 2.75) is 13.5 Å². The molecular formula is C13H13ClN2O2S. The maximum Gasteiger partial charge on any atom is 0.183 e. The van der Waals surface area contributed by atoms with Crippen LogP contribution in [-0.2, 0) is 6.54 Å². The molecule has 19 heavy (non-hydrogen) atoms. The van der Waals surface area contributed by atoms with Crippen LogP contribution in [0.25, 0.3) is 0 Å². The largest absolute Gasteiger partial charge is 0.495 e. The highest BCUT2D eigenvalue weighted by atomic mass is 35.5. The lowest BCUT2D eigenvalue weighted by Gasteiger charge is -2.11. The lowest BCUT2D eigenvalue weighted by atomic mass is 10.1. The van der Waals surface area contributed by atoms with Gasteiger partial charge in [0.2, 0.25) is 0 Å². The summed E-state index contributed by atoms with van der Waals surface area (Å²) in [7, 11) is 1.59. The number of hydrogen-bond donors (Lipinski definition) is 1. The van der Waals surface area contributed by atoms with E-state index in [9.17, 15) is 4.79 Å². The van der Waals surface area contributed by atoms with E-state index in [2.05, 4.69) is 10.3 Å². The first kappa shape index (κ1) is 13.8. The van der Waals surface area contributed by atoms with E-state index in [1.165, 1.54) is 18.3 Å². The molecule has 1 aromatic carbocycles. The van der Waals surface area contributed by atoms with Gasteiger partial charge in [0, 0.05) is 16.6 Å². The van der Waals surface area contributed by atoms with Gasteiger partial charge < -0.3 is 10.1 Å². The Hall–Kier alpha value is -1.59. The van der Waals surface area contributed by atoms with E-state index >= 15 is 0 Å². The average Bonchev–Trinajstić information content (AvgIpc) is 2.81. The molecule has 4 nitrogen and oxygen atoms in total. The normalized spacial score (nSPS) is 10.3. The number of benzene rings is 1. The molecule has 2 aromatic rings. The fourth-order valence-corrected chi connectivity index (χ4v) is 2.53. The van der Waals surface area contributed by atoms with E-state index in [0.29, 0.717) is 22.3 Å². The van der Waals surface area contributed by atoms with Gasteiger partial charge in [0.15, 0.2) is 10.3 Å². The number of halogens is 1. The van der Waals surface area contributed by atoms with Gasteiger partial charge >= 0.3 is 0 Å². The van der Waals surface area contributed by atoms with Crippen molar-refractivity contribution in [3.63, 3.8) is 0 Å². The lowest BCUT2D eigenvalue weighted by Crippen LogP contribution is -2.02. The van der Waals surface area contributed by atoms with Crippen LogP contribution in [0, 0.1) is 0 Å². The molecule has 0 saturated heterocycles. The van der Waals surface area contributed by atoms with Crippen LogP contribution in [0.1, 0.15) is 22.2 Å². The van der Waals surface area contributed by atoms with Gasteiger partial charge in [-0.2, -0.15) is 0 Å². The smallest absolute Gasteiger partial charge is 0.183 e. The number of nitrogens with zero attached hydrogens (tertiary/aromatic N) is 1. The van der Waals surface area contributed by atoms with Gasteiger partial charge in [0.1, 0.15) is 5.75 Å². The second-order valence-electron chi connectivity index (χ2n) is 3.90. The Kier molecular flexibility index (Phi) is 4.39. The second-order valence-corrected chi connectivity index (χ2v) is 5.60. The Balaban J connectivity index is 2.17. The average molecular weight is 297 g/mol. The van der Waals surface area contributed by atoms with Crippen LogP contribution in [0.4, 0.5) is 5.69 Å². The van der Waals surface area contributed by atoms with E-state index in [-0.39, 0.29) is 5.78 Å². The zero-order chi connectivity index (χ0) is 13.8. The minimum absolute atomic E-state index is 0.0199. The molecule has 0 aliphatic carbocycles. The predicted molar refractivity (Wildman–Crippen MR) is 77.4 cm³/mol. The quantitative estimate of drug-likeness (QED) is 0.856. The van der Waals surface area contributed by atoms with Crippen molar-refractivity contribution in [1.29, 1.82) is 0 Å². The van der Waals surface area contributed by atoms with Crippen LogP contribution in [0.2, 0.25) is 4.47 Å². The van der Waals surface area contributed by atoms with Crippen LogP contribution in [0.5, 0.6) is 5.75 Å². The standard InChI is InChI=1S/C13H13ClN2O2S/c1-8(17)9-3-4-12(18-2)11(5-9)15-6-10-7-16-13(14)19-10/h3-5,7,15H,6H2,1-2H3. The molecule has 0 atom stereocenters. The lowest BCUT2D eigenvalue weighted by molar-refractivity contribution is 0.101. The van der Waals surface area contributed by atoms with Crippen LogP contribution >= 0.6 is 22.9 Å². The number of ether oxygens (including phenoxy) is 1. The number of ketones is 1. The second kappa shape index (κ2) is 6.04. The molecule has 6 heteroatoms. The van der Waals surface area contributed by atoms with E-state index in [1.54, 1.807) is 31.5 Å². The predicted octanol–water partition coefficient (Wildman–Crippen LogP) is 3.62. The molecule has 0 fully saturated rings. The van der Waals surface area contributed by atoms with Gasteiger partial charge in [0.05, 0.1) is 19.3 Å². The molecule has 0 aliphatic heterocycles. The zero-order valence-corrected chi connectivity index (χ0v) is 12.1. The molecular weight excluding hydrogens is 284 g/mol. The first-order chi connectivity index (χ1) is 9.10.